The van der Waals surface area contributed by atoms with Gasteiger partial charge in [0.1, 0.15) is 0 Å². The average Bonchev–Trinajstić information content (AvgIpc) is 2.45. The summed E-state index contributed by atoms with van der Waals surface area (Å²) in [5.41, 5.74) is 3.58. The summed E-state index contributed by atoms with van der Waals surface area (Å²) in [6, 6.07) is 6.37. The zero-order valence-electron chi connectivity index (χ0n) is 9.63. The molecule has 0 bridgehead atoms. The summed E-state index contributed by atoms with van der Waals surface area (Å²) in [7, 11) is 1.98. The molecular formula is C12H18N2. The fourth-order valence-corrected chi connectivity index (χ4v) is 1.44. The lowest BCUT2D eigenvalue weighted by Gasteiger charge is -1.91. The van der Waals surface area contributed by atoms with E-state index >= 15 is 0 Å². The minimum absolute atomic E-state index is 1.09. The van der Waals surface area contributed by atoms with Crippen LogP contribution < -0.4 is 0 Å². The summed E-state index contributed by atoms with van der Waals surface area (Å²) >= 11 is 0. The van der Waals surface area contributed by atoms with Crippen molar-refractivity contribution >= 4 is 10.9 Å². The van der Waals surface area contributed by atoms with Gasteiger partial charge >= 0.3 is 0 Å². The minimum Gasteiger partial charge on any atom is -0.272 e. The first-order chi connectivity index (χ1) is 6.68. The Bertz CT molecular complexity index is 427. The third-order valence-corrected chi connectivity index (χ3v) is 2.29. The van der Waals surface area contributed by atoms with Crippen LogP contribution in [0.15, 0.2) is 18.2 Å². The average molecular weight is 190 g/mol. The Balaban J connectivity index is 0.000000461. The molecule has 2 heteroatoms. The molecule has 0 N–H and O–H groups in total. The van der Waals surface area contributed by atoms with E-state index in [2.05, 4.69) is 37.1 Å². The number of nitrogens with zero attached hydrogens (tertiary/aromatic N) is 2. The molecule has 76 valence electrons. The number of aromatic nitrogens is 2. The van der Waals surface area contributed by atoms with Crippen LogP contribution >= 0.6 is 0 Å². The number of hydrogen-bond acceptors (Lipinski definition) is 1. The fraction of sp³-hybridized carbons (Fsp3) is 0.417. The Morgan fingerprint density at radius 1 is 1.14 bits per heavy atom. The molecule has 0 saturated heterocycles. The monoisotopic (exact) mass is 190 g/mol. The van der Waals surface area contributed by atoms with E-state index in [1.54, 1.807) is 0 Å². The van der Waals surface area contributed by atoms with Gasteiger partial charge in [0.05, 0.1) is 5.52 Å². The highest BCUT2D eigenvalue weighted by atomic mass is 15.3. The van der Waals surface area contributed by atoms with Crippen LogP contribution in [-0.2, 0) is 7.05 Å². The predicted octanol–water partition coefficient (Wildman–Crippen LogP) is 3.22. The van der Waals surface area contributed by atoms with Crippen LogP contribution in [0, 0.1) is 13.8 Å². The molecule has 0 atom stereocenters. The molecule has 1 aromatic heterocycles. The highest BCUT2D eigenvalue weighted by molar-refractivity contribution is 5.81. The first kappa shape index (κ1) is 10.8. The molecule has 2 rings (SSSR count). The van der Waals surface area contributed by atoms with E-state index in [-0.39, 0.29) is 0 Å². The van der Waals surface area contributed by atoms with Gasteiger partial charge in [0.2, 0.25) is 0 Å². The van der Waals surface area contributed by atoms with Crippen molar-refractivity contribution in [2.24, 2.45) is 7.05 Å². The first-order valence-corrected chi connectivity index (χ1v) is 5.08. The summed E-state index contributed by atoms with van der Waals surface area (Å²) in [5, 5.41) is 5.64. The first-order valence-electron chi connectivity index (χ1n) is 5.08. The Labute approximate surface area is 85.6 Å². The molecule has 2 aromatic rings. The summed E-state index contributed by atoms with van der Waals surface area (Å²) in [6.45, 7) is 8.17. The van der Waals surface area contributed by atoms with E-state index in [4.69, 9.17) is 0 Å². The third-order valence-electron chi connectivity index (χ3n) is 2.29. The molecule has 1 aromatic carbocycles. The maximum absolute atomic E-state index is 4.39. The lowest BCUT2D eigenvalue weighted by Crippen LogP contribution is -1.91. The van der Waals surface area contributed by atoms with Gasteiger partial charge in [-0.25, -0.2) is 0 Å². The van der Waals surface area contributed by atoms with Crippen molar-refractivity contribution in [3.05, 3.63) is 29.5 Å². The molecule has 0 fully saturated rings. The van der Waals surface area contributed by atoms with Crippen LogP contribution in [0.1, 0.15) is 25.1 Å². The molecule has 0 aliphatic carbocycles. The second kappa shape index (κ2) is 4.27. The lowest BCUT2D eigenvalue weighted by molar-refractivity contribution is 0.751. The van der Waals surface area contributed by atoms with Crippen LogP contribution in [0.2, 0.25) is 0 Å². The fourth-order valence-electron chi connectivity index (χ4n) is 1.44. The summed E-state index contributed by atoms with van der Waals surface area (Å²) in [5.74, 6) is 0. The van der Waals surface area contributed by atoms with Gasteiger partial charge in [0.15, 0.2) is 0 Å². The number of aryl methyl sites for hydroxylation is 3. The number of hydrogen-bond donors (Lipinski definition) is 0. The van der Waals surface area contributed by atoms with Crippen molar-refractivity contribution in [2.45, 2.75) is 27.7 Å². The van der Waals surface area contributed by atoms with E-state index in [0.717, 1.165) is 5.52 Å². The molecule has 0 radical (unpaired) electrons. The van der Waals surface area contributed by atoms with Crippen molar-refractivity contribution in [3.8, 4) is 0 Å². The zero-order chi connectivity index (χ0) is 10.7. The smallest absolute Gasteiger partial charge is 0.0928 e. The van der Waals surface area contributed by atoms with Crippen molar-refractivity contribution < 1.29 is 0 Å². The van der Waals surface area contributed by atoms with Crippen molar-refractivity contribution in [1.82, 2.24) is 9.78 Å². The Kier molecular flexibility index (Phi) is 3.28. The Morgan fingerprint density at radius 2 is 1.79 bits per heavy atom. The van der Waals surface area contributed by atoms with Gasteiger partial charge in [-0.3, -0.25) is 4.68 Å². The largest absolute Gasteiger partial charge is 0.272 e. The number of rotatable bonds is 0. The highest BCUT2D eigenvalue weighted by Crippen LogP contribution is 2.17. The second-order valence-corrected chi connectivity index (χ2v) is 3.23. The molecule has 0 unspecified atom stereocenters. The van der Waals surface area contributed by atoms with Crippen molar-refractivity contribution in [1.29, 1.82) is 0 Å². The molecule has 0 aliphatic rings. The van der Waals surface area contributed by atoms with Crippen LogP contribution in [0.4, 0.5) is 0 Å². The van der Waals surface area contributed by atoms with Crippen molar-refractivity contribution in [3.63, 3.8) is 0 Å². The third kappa shape index (κ3) is 1.79. The van der Waals surface area contributed by atoms with Gasteiger partial charge in [-0.05, 0) is 25.5 Å². The van der Waals surface area contributed by atoms with Crippen molar-refractivity contribution in [2.75, 3.05) is 0 Å². The summed E-state index contributed by atoms with van der Waals surface area (Å²) in [4.78, 5) is 0. The Morgan fingerprint density at radius 3 is 2.43 bits per heavy atom. The van der Waals surface area contributed by atoms with Gasteiger partial charge in [0, 0.05) is 18.1 Å². The standard InChI is InChI=1S/C10H12N2.C2H6/c1-7-4-5-9-8(2)12(3)11-10(9)6-7;1-2/h4-6H,1-3H3;1-2H3. The van der Waals surface area contributed by atoms with Crippen LogP contribution in [0.5, 0.6) is 0 Å². The SMILES string of the molecule is CC.Cc1ccc2c(C)n(C)nc2c1. The van der Waals surface area contributed by atoms with E-state index in [1.165, 1.54) is 16.6 Å². The number of benzene rings is 1. The molecule has 14 heavy (non-hydrogen) atoms. The Hall–Kier alpha value is -1.31. The van der Waals surface area contributed by atoms with E-state index in [1.807, 2.05) is 25.6 Å². The normalized spacial score (nSPS) is 9.79. The topological polar surface area (TPSA) is 17.8 Å². The highest BCUT2D eigenvalue weighted by Gasteiger charge is 2.02. The van der Waals surface area contributed by atoms with Gasteiger partial charge in [-0.2, -0.15) is 5.10 Å². The van der Waals surface area contributed by atoms with Gasteiger partial charge < -0.3 is 0 Å². The molecule has 0 spiro atoms. The van der Waals surface area contributed by atoms with E-state index in [9.17, 15) is 0 Å². The number of fused-ring (bicyclic) bond motifs is 1. The lowest BCUT2D eigenvalue weighted by atomic mass is 10.1. The summed E-state index contributed by atoms with van der Waals surface area (Å²) < 4.78 is 1.92. The summed E-state index contributed by atoms with van der Waals surface area (Å²) in [6.07, 6.45) is 0. The van der Waals surface area contributed by atoms with Crippen LogP contribution in [0.3, 0.4) is 0 Å². The van der Waals surface area contributed by atoms with E-state index < -0.39 is 0 Å². The maximum atomic E-state index is 4.39. The van der Waals surface area contributed by atoms with Gasteiger partial charge in [-0.15, -0.1) is 0 Å². The van der Waals surface area contributed by atoms with Crippen LogP contribution in [-0.4, -0.2) is 9.78 Å². The second-order valence-electron chi connectivity index (χ2n) is 3.23. The molecule has 0 saturated carbocycles. The predicted molar refractivity (Wildman–Crippen MR) is 61.5 cm³/mol. The molecule has 0 aliphatic heterocycles. The molecule has 0 amide bonds. The quantitative estimate of drug-likeness (QED) is 0.623. The van der Waals surface area contributed by atoms with Gasteiger partial charge in [-0.1, -0.05) is 26.0 Å². The molecule has 2 nitrogen and oxygen atoms in total. The zero-order valence-corrected chi connectivity index (χ0v) is 9.63. The minimum atomic E-state index is 1.09. The van der Waals surface area contributed by atoms with Gasteiger partial charge in [0.25, 0.3) is 0 Å². The van der Waals surface area contributed by atoms with Crippen LogP contribution in [0.25, 0.3) is 10.9 Å². The molecular weight excluding hydrogens is 172 g/mol. The molecule has 1 heterocycles. The van der Waals surface area contributed by atoms with E-state index in [0.29, 0.717) is 0 Å². The maximum Gasteiger partial charge on any atom is 0.0928 e.